The average molecular weight is 375 g/mol. The van der Waals surface area contributed by atoms with Crippen LogP contribution in [0.3, 0.4) is 0 Å². The van der Waals surface area contributed by atoms with E-state index in [0.717, 1.165) is 4.47 Å². The first-order valence-corrected chi connectivity index (χ1v) is 7.22. The van der Waals surface area contributed by atoms with Gasteiger partial charge in [-0.1, -0.05) is 45.2 Å². The van der Waals surface area contributed by atoms with E-state index < -0.39 is 12.0 Å². The molecule has 0 spiro atoms. The number of carboxylic acid groups (broad SMARTS) is 1. The van der Waals surface area contributed by atoms with Crippen molar-refractivity contribution in [2.24, 2.45) is 0 Å². The van der Waals surface area contributed by atoms with Crippen LogP contribution < -0.4 is 5.32 Å². The summed E-state index contributed by atoms with van der Waals surface area (Å²) in [5.74, 6) is -1.02. The Morgan fingerprint density at radius 2 is 1.80 bits per heavy atom. The van der Waals surface area contributed by atoms with Gasteiger partial charge in [-0.05, 0) is 36.4 Å². The van der Waals surface area contributed by atoms with Crippen LogP contribution in [0.5, 0.6) is 0 Å². The summed E-state index contributed by atoms with van der Waals surface area (Å²) in [5.41, 5.74) is 1.15. The van der Waals surface area contributed by atoms with Crippen LogP contribution in [0.25, 0.3) is 0 Å². The van der Waals surface area contributed by atoms with E-state index in [-0.39, 0.29) is 0 Å². The number of carboxylic acids is 1. The van der Waals surface area contributed by atoms with Crippen molar-refractivity contribution in [1.82, 2.24) is 0 Å². The molecule has 1 atom stereocenters. The highest BCUT2D eigenvalue weighted by atomic mass is 79.9. The number of nitrogens with one attached hydrogen (secondary N) is 1. The lowest BCUT2D eigenvalue weighted by Crippen LogP contribution is -2.20. The van der Waals surface area contributed by atoms with Crippen LogP contribution in [0.2, 0.25) is 10.0 Å². The van der Waals surface area contributed by atoms with Crippen LogP contribution in [0.1, 0.15) is 11.6 Å². The lowest BCUT2D eigenvalue weighted by Gasteiger charge is -2.17. The van der Waals surface area contributed by atoms with Crippen LogP contribution in [0.15, 0.2) is 46.9 Å². The maximum absolute atomic E-state index is 11.4. The predicted octanol–water partition coefficient (Wildman–Crippen LogP) is 4.99. The van der Waals surface area contributed by atoms with Crippen LogP contribution in [0.4, 0.5) is 5.69 Å². The molecular formula is C14H10BrCl2NO2. The molecule has 0 heterocycles. The molecule has 0 bridgehead atoms. The molecule has 20 heavy (non-hydrogen) atoms. The molecule has 1 unspecified atom stereocenters. The molecule has 0 amide bonds. The molecule has 2 aromatic carbocycles. The fraction of sp³-hybridized carbons (Fsp3) is 0.0714. The normalized spacial score (nSPS) is 11.9. The third-order valence-corrected chi connectivity index (χ3v) is 3.77. The van der Waals surface area contributed by atoms with Gasteiger partial charge in [-0.25, -0.2) is 4.79 Å². The SMILES string of the molecule is O=C(O)C(Nc1ccc(Br)cc1)c1ccc(Cl)cc1Cl. The molecule has 0 saturated carbocycles. The Morgan fingerprint density at radius 3 is 2.35 bits per heavy atom. The number of hydrogen-bond acceptors (Lipinski definition) is 2. The zero-order chi connectivity index (χ0) is 14.7. The van der Waals surface area contributed by atoms with Gasteiger partial charge < -0.3 is 10.4 Å². The number of rotatable bonds is 4. The lowest BCUT2D eigenvalue weighted by molar-refractivity contribution is -0.138. The summed E-state index contributed by atoms with van der Waals surface area (Å²) in [6.07, 6.45) is 0. The van der Waals surface area contributed by atoms with E-state index in [1.807, 2.05) is 12.1 Å². The maximum atomic E-state index is 11.4. The zero-order valence-corrected chi connectivity index (χ0v) is 13.2. The third-order valence-electron chi connectivity index (χ3n) is 2.68. The number of carbonyl (C=O) groups is 1. The van der Waals surface area contributed by atoms with Gasteiger partial charge in [0.1, 0.15) is 0 Å². The van der Waals surface area contributed by atoms with Gasteiger partial charge in [-0.15, -0.1) is 0 Å². The maximum Gasteiger partial charge on any atom is 0.330 e. The Hall–Kier alpha value is -1.23. The molecule has 0 aliphatic heterocycles. The van der Waals surface area contributed by atoms with E-state index in [1.54, 1.807) is 24.3 Å². The van der Waals surface area contributed by atoms with Crippen molar-refractivity contribution in [2.75, 3.05) is 5.32 Å². The molecule has 2 rings (SSSR count). The van der Waals surface area contributed by atoms with Gasteiger partial charge in [-0.3, -0.25) is 0 Å². The first-order chi connectivity index (χ1) is 9.47. The first-order valence-electron chi connectivity index (χ1n) is 5.67. The van der Waals surface area contributed by atoms with Crippen LogP contribution in [0, 0.1) is 0 Å². The van der Waals surface area contributed by atoms with Crippen molar-refractivity contribution < 1.29 is 9.90 Å². The Morgan fingerprint density at radius 1 is 1.15 bits per heavy atom. The molecule has 0 radical (unpaired) electrons. The minimum Gasteiger partial charge on any atom is -0.479 e. The fourth-order valence-corrected chi connectivity index (χ4v) is 2.50. The van der Waals surface area contributed by atoms with E-state index >= 15 is 0 Å². The van der Waals surface area contributed by atoms with E-state index in [1.165, 1.54) is 6.07 Å². The second-order valence-corrected chi connectivity index (χ2v) is 5.85. The minimum absolute atomic E-state index is 0.314. The molecule has 0 fully saturated rings. The van der Waals surface area contributed by atoms with Crippen molar-refractivity contribution in [3.63, 3.8) is 0 Å². The summed E-state index contributed by atoms with van der Waals surface area (Å²) in [5, 5.41) is 13.1. The highest BCUT2D eigenvalue weighted by molar-refractivity contribution is 9.10. The molecule has 2 N–H and O–H groups in total. The quantitative estimate of drug-likeness (QED) is 0.792. The summed E-state index contributed by atoms with van der Waals surface area (Å²) in [6.45, 7) is 0. The summed E-state index contributed by atoms with van der Waals surface area (Å²) in [6, 6.07) is 11.0. The molecule has 104 valence electrons. The van der Waals surface area contributed by atoms with Crippen LogP contribution in [-0.2, 0) is 4.79 Å². The lowest BCUT2D eigenvalue weighted by atomic mass is 10.1. The van der Waals surface area contributed by atoms with E-state index in [2.05, 4.69) is 21.2 Å². The van der Waals surface area contributed by atoms with Crippen molar-refractivity contribution >= 4 is 50.8 Å². The van der Waals surface area contributed by atoms with Gasteiger partial charge in [0, 0.05) is 25.8 Å². The molecule has 0 aromatic heterocycles. The minimum atomic E-state index is -1.02. The van der Waals surface area contributed by atoms with E-state index in [0.29, 0.717) is 21.3 Å². The van der Waals surface area contributed by atoms with Gasteiger partial charge in [0.05, 0.1) is 0 Å². The Balaban J connectivity index is 2.31. The summed E-state index contributed by atoms with van der Waals surface area (Å²) in [4.78, 5) is 11.4. The monoisotopic (exact) mass is 373 g/mol. The number of halogens is 3. The van der Waals surface area contributed by atoms with Gasteiger partial charge in [0.25, 0.3) is 0 Å². The third kappa shape index (κ3) is 3.66. The number of aliphatic carboxylic acids is 1. The Bertz CT molecular complexity index is 632. The number of benzene rings is 2. The predicted molar refractivity (Wildman–Crippen MR) is 84.6 cm³/mol. The second kappa shape index (κ2) is 6.48. The smallest absolute Gasteiger partial charge is 0.330 e. The first kappa shape index (κ1) is 15.2. The van der Waals surface area contributed by atoms with Gasteiger partial charge in [0.15, 0.2) is 6.04 Å². The largest absolute Gasteiger partial charge is 0.479 e. The standard InChI is InChI=1S/C14H10BrCl2NO2/c15-8-1-4-10(5-2-8)18-13(14(19)20)11-6-3-9(16)7-12(11)17/h1-7,13,18H,(H,19,20). The van der Waals surface area contributed by atoms with Crippen molar-refractivity contribution in [2.45, 2.75) is 6.04 Å². The van der Waals surface area contributed by atoms with Crippen LogP contribution >= 0.6 is 39.1 Å². The van der Waals surface area contributed by atoms with Crippen molar-refractivity contribution in [3.05, 3.63) is 62.5 Å². The molecule has 0 aliphatic rings. The van der Waals surface area contributed by atoms with E-state index in [9.17, 15) is 9.90 Å². The van der Waals surface area contributed by atoms with Gasteiger partial charge >= 0.3 is 5.97 Å². The highest BCUT2D eigenvalue weighted by Gasteiger charge is 2.22. The van der Waals surface area contributed by atoms with E-state index in [4.69, 9.17) is 23.2 Å². The summed E-state index contributed by atoms with van der Waals surface area (Å²) in [7, 11) is 0. The number of hydrogen-bond donors (Lipinski definition) is 2. The fourth-order valence-electron chi connectivity index (χ4n) is 1.72. The highest BCUT2D eigenvalue weighted by Crippen LogP contribution is 2.29. The molecule has 2 aromatic rings. The number of anilines is 1. The molecule has 6 heteroatoms. The zero-order valence-electron chi connectivity index (χ0n) is 10.1. The van der Waals surface area contributed by atoms with Crippen LogP contribution in [-0.4, -0.2) is 11.1 Å². The topological polar surface area (TPSA) is 49.3 Å². The molecule has 0 saturated heterocycles. The Labute approximate surface area is 134 Å². The Kier molecular flexibility index (Phi) is 4.91. The van der Waals surface area contributed by atoms with Gasteiger partial charge in [0.2, 0.25) is 0 Å². The van der Waals surface area contributed by atoms with Crippen molar-refractivity contribution in [1.29, 1.82) is 0 Å². The molecule has 3 nitrogen and oxygen atoms in total. The molecular weight excluding hydrogens is 365 g/mol. The molecule has 0 aliphatic carbocycles. The average Bonchev–Trinajstić information content (AvgIpc) is 2.39. The van der Waals surface area contributed by atoms with Crippen molar-refractivity contribution in [3.8, 4) is 0 Å². The summed E-state index contributed by atoms with van der Waals surface area (Å²) >= 11 is 15.2. The second-order valence-electron chi connectivity index (χ2n) is 4.09. The summed E-state index contributed by atoms with van der Waals surface area (Å²) < 4.78 is 0.916. The van der Waals surface area contributed by atoms with Gasteiger partial charge in [-0.2, -0.15) is 0 Å².